The van der Waals surface area contributed by atoms with E-state index in [1.165, 1.54) is 10.5 Å². The number of anilines is 1. The molecule has 2 atom stereocenters. The van der Waals surface area contributed by atoms with E-state index in [1.807, 2.05) is 22.7 Å². The van der Waals surface area contributed by atoms with E-state index in [9.17, 15) is 0 Å². The fourth-order valence-corrected chi connectivity index (χ4v) is 5.64. The van der Waals surface area contributed by atoms with Crippen molar-refractivity contribution in [2.75, 3.05) is 11.4 Å². The number of thioether (sulfide) groups is 1. The van der Waals surface area contributed by atoms with E-state index in [2.05, 4.69) is 60.4 Å². The molecular weight excluding hydrogens is 354 g/mol. The van der Waals surface area contributed by atoms with Gasteiger partial charge < -0.3 is 10.6 Å². The average molecular weight is 372 g/mol. The Hall–Kier alpha value is -1.63. The first-order valence-electron chi connectivity index (χ1n) is 7.78. The minimum absolute atomic E-state index is 0.277. The highest BCUT2D eigenvalue weighted by Gasteiger charge is 2.56. The van der Waals surface area contributed by atoms with Crippen molar-refractivity contribution < 1.29 is 0 Å². The summed E-state index contributed by atoms with van der Waals surface area (Å²) in [5.41, 5.74) is 8.07. The highest BCUT2D eigenvalue weighted by molar-refractivity contribution is 8.00. The van der Waals surface area contributed by atoms with Crippen molar-refractivity contribution in [3.05, 3.63) is 60.2 Å². The van der Waals surface area contributed by atoms with Crippen LogP contribution in [0.5, 0.6) is 0 Å². The van der Waals surface area contributed by atoms with Crippen LogP contribution in [0.15, 0.2) is 59.5 Å². The first-order chi connectivity index (χ1) is 11.6. The highest BCUT2D eigenvalue weighted by Crippen LogP contribution is 2.54. The van der Waals surface area contributed by atoms with Gasteiger partial charge in [-0.3, -0.25) is 4.90 Å². The Labute approximate surface area is 156 Å². The second kappa shape index (κ2) is 5.72. The van der Waals surface area contributed by atoms with Crippen LogP contribution in [0.1, 0.15) is 12.5 Å². The predicted octanol–water partition coefficient (Wildman–Crippen LogP) is 3.73. The molecule has 0 spiro atoms. The second-order valence-corrected chi connectivity index (χ2v) is 8.23. The molecule has 0 aromatic heterocycles. The van der Waals surface area contributed by atoms with Crippen molar-refractivity contribution in [2.45, 2.75) is 22.6 Å². The average Bonchev–Trinajstić information content (AvgIpc) is 2.92. The van der Waals surface area contributed by atoms with E-state index >= 15 is 0 Å². The van der Waals surface area contributed by atoms with Gasteiger partial charge in [-0.25, -0.2) is 0 Å². The first kappa shape index (κ1) is 15.9. The second-order valence-electron chi connectivity index (χ2n) is 6.06. The summed E-state index contributed by atoms with van der Waals surface area (Å²) in [5.74, 6) is 0. The molecule has 2 aromatic rings. The van der Waals surface area contributed by atoms with Crippen LogP contribution >= 0.6 is 36.2 Å². The van der Waals surface area contributed by atoms with Crippen molar-refractivity contribution in [1.82, 2.24) is 4.90 Å². The van der Waals surface area contributed by atoms with Gasteiger partial charge in [-0.2, -0.15) is 0 Å². The van der Waals surface area contributed by atoms with Crippen LogP contribution in [0.4, 0.5) is 5.69 Å². The molecule has 0 radical (unpaired) electrons. The van der Waals surface area contributed by atoms with E-state index in [-0.39, 0.29) is 5.54 Å². The molecule has 2 heterocycles. The third-order valence-electron chi connectivity index (χ3n) is 4.84. The van der Waals surface area contributed by atoms with Crippen LogP contribution in [0.25, 0.3) is 0 Å². The lowest BCUT2D eigenvalue weighted by atomic mass is 9.85. The van der Waals surface area contributed by atoms with Crippen LogP contribution in [-0.2, 0) is 5.54 Å². The molecule has 2 N–H and O–H groups in total. The van der Waals surface area contributed by atoms with Crippen LogP contribution in [0.2, 0.25) is 0 Å². The van der Waals surface area contributed by atoms with Gasteiger partial charge in [0, 0.05) is 10.1 Å². The van der Waals surface area contributed by atoms with Gasteiger partial charge in [0.25, 0.3) is 0 Å². The van der Waals surface area contributed by atoms with E-state index in [1.54, 1.807) is 0 Å². The predicted molar refractivity (Wildman–Crippen MR) is 108 cm³/mol. The van der Waals surface area contributed by atoms with Gasteiger partial charge in [0.1, 0.15) is 5.54 Å². The van der Waals surface area contributed by atoms with Gasteiger partial charge in [0.15, 0.2) is 10.2 Å². The third kappa shape index (κ3) is 2.10. The normalized spacial score (nSPS) is 25.4. The standard InChI is InChI=1S/C18H17N3S3/c1-12-18(13-7-3-2-4-8-13)11-20(16(19)22)17(23)21(18)14-9-5-6-10-15(14)24-12/h2-10,12H,11H2,1H3,(H2,19,22). The van der Waals surface area contributed by atoms with Crippen LogP contribution < -0.4 is 10.6 Å². The van der Waals surface area contributed by atoms with E-state index in [0.29, 0.717) is 22.0 Å². The fourth-order valence-electron chi connectivity index (χ4n) is 3.68. The van der Waals surface area contributed by atoms with Crippen LogP contribution in [0.3, 0.4) is 0 Å². The zero-order chi connectivity index (χ0) is 16.9. The van der Waals surface area contributed by atoms with Crippen molar-refractivity contribution >= 4 is 52.1 Å². The number of thiocarbonyl (C=S) groups is 2. The Bertz CT molecular complexity index is 823. The molecule has 0 aliphatic carbocycles. The number of nitrogens with two attached hydrogens (primary N) is 1. The summed E-state index contributed by atoms with van der Waals surface area (Å²) >= 11 is 13.0. The van der Waals surface area contributed by atoms with Gasteiger partial charge >= 0.3 is 0 Å². The summed E-state index contributed by atoms with van der Waals surface area (Å²) in [7, 11) is 0. The van der Waals surface area contributed by atoms with Gasteiger partial charge in [-0.15, -0.1) is 11.8 Å². The Morgan fingerprint density at radius 1 is 1.17 bits per heavy atom. The summed E-state index contributed by atoms with van der Waals surface area (Å²) < 4.78 is 0. The number of nitrogens with zero attached hydrogens (tertiary/aromatic N) is 2. The fraction of sp³-hybridized carbons (Fsp3) is 0.222. The quantitative estimate of drug-likeness (QED) is 0.769. The lowest BCUT2D eigenvalue weighted by molar-refractivity contribution is 0.421. The molecule has 1 fully saturated rings. The Morgan fingerprint density at radius 3 is 2.54 bits per heavy atom. The monoisotopic (exact) mass is 371 g/mol. The minimum Gasteiger partial charge on any atom is -0.376 e. The Morgan fingerprint density at radius 2 is 1.83 bits per heavy atom. The molecule has 1 saturated heterocycles. The Balaban J connectivity index is 1.98. The van der Waals surface area contributed by atoms with Crippen LogP contribution in [0, 0.1) is 0 Å². The number of hydrogen-bond donors (Lipinski definition) is 1. The smallest absolute Gasteiger partial charge is 0.183 e. The molecule has 0 bridgehead atoms. The number of para-hydroxylation sites is 1. The van der Waals surface area contributed by atoms with Crippen LogP contribution in [-0.4, -0.2) is 26.9 Å². The maximum absolute atomic E-state index is 5.98. The first-order valence-corrected chi connectivity index (χ1v) is 9.47. The van der Waals surface area contributed by atoms with Crippen molar-refractivity contribution in [3.63, 3.8) is 0 Å². The summed E-state index contributed by atoms with van der Waals surface area (Å²) in [5, 5.41) is 1.32. The maximum atomic E-state index is 5.98. The molecule has 6 heteroatoms. The lowest BCUT2D eigenvalue weighted by Gasteiger charge is -2.46. The van der Waals surface area contributed by atoms with Crippen molar-refractivity contribution in [2.24, 2.45) is 5.73 Å². The zero-order valence-corrected chi connectivity index (χ0v) is 15.6. The molecular formula is C18H17N3S3. The van der Waals surface area contributed by atoms with E-state index in [0.717, 1.165) is 5.69 Å². The van der Waals surface area contributed by atoms with Crippen molar-refractivity contribution in [1.29, 1.82) is 0 Å². The van der Waals surface area contributed by atoms with Crippen molar-refractivity contribution in [3.8, 4) is 0 Å². The molecule has 2 aliphatic rings. The van der Waals surface area contributed by atoms with Gasteiger partial charge in [0.05, 0.1) is 12.2 Å². The Kier molecular flexibility index (Phi) is 3.78. The molecule has 3 nitrogen and oxygen atoms in total. The molecule has 0 saturated carbocycles. The summed E-state index contributed by atoms with van der Waals surface area (Å²) in [6.45, 7) is 2.93. The molecule has 0 amide bonds. The largest absolute Gasteiger partial charge is 0.376 e. The molecule has 24 heavy (non-hydrogen) atoms. The number of rotatable bonds is 1. The number of hydrogen-bond acceptors (Lipinski definition) is 3. The number of benzene rings is 2. The topological polar surface area (TPSA) is 32.5 Å². The maximum Gasteiger partial charge on any atom is 0.183 e. The lowest BCUT2D eigenvalue weighted by Crippen LogP contribution is -2.53. The minimum atomic E-state index is -0.277. The zero-order valence-electron chi connectivity index (χ0n) is 13.2. The molecule has 122 valence electrons. The molecule has 2 aliphatic heterocycles. The van der Waals surface area contributed by atoms with E-state index < -0.39 is 0 Å². The summed E-state index contributed by atoms with van der Waals surface area (Å²) in [4.78, 5) is 5.38. The highest BCUT2D eigenvalue weighted by atomic mass is 32.2. The number of fused-ring (bicyclic) bond motifs is 3. The van der Waals surface area contributed by atoms with Gasteiger partial charge in [-0.05, 0) is 42.1 Å². The van der Waals surface area contributed by atoms with Gasteiger partial charge in [-0.1, -0.05) is 49.4 Å². The molecule has 2 aromatic carbocycles. The molecule has 2 unspecified atom stereocenters. The SMILES string of the molecule is CC1Sc2ccccc2N2C(=S)N(C(N)=S)CC12c1ccccc1. The molecule has 4 rings (SSSR count). The third-order valence-corrected chi connectivity index (χ3v) is 6.81. The van der Waals surface area contributed by atoms with Gasteiger partial charge in [0.2, 0.25) is 0 Å². The summed E-state index contributed by atoms with van der Waals surface area (Å²) in [6, 6.07) is 18.9. The summed E-state index contributed by atoms with van der Waals surface area (Å²) in [6.07, 6.45) is 0. The van der Waals surface area contributed by atoms with E-state index in [4.69, 9.17) is 30.2 Å².